The van der Waals surface area contributed by atoms with Gasteiger partial charge < -0.3 is 15.8 Å². The van der Waals surface area contributed by atoms with Crippen molar-refractivity contribution in [2.24, 2.45) is 11.3 Å². The van der Waals surface area contributed by atoms with Crippen LogP contribution in [0.3, 0.4) is 0 Å². The molecule has 10 heteroatoms. The van der Waals surface area contributed by atoms with Crippen molar-refractivity contribution in [2.75, 3.05) is 19.4 Å². The highest BCUT2D eigenvalue weighted by Crippen LogP contribution is 2.41. The molecular formula is C13H15F3N4O3. The van der Waals surface area contributed by atoms with Gasteiger partial charge in [-0.1, -0.05) is 0 Å². The van der Waals surface area contributed by atoms with Crippen LogP contribution in [0.25, 0.3) is 0 Å². The maximum absolute atomic E-state index is 13.0. The summed E-state index contributed by atoms with van der Waals surface area (Å²) in [6, 6.07) is 2.78. The highest BCUT2D eigenvalue weighted by Gasteiger charge is 2.56. The van der Waals surface area contributed by atoms with Crippen LogP contribution < -0.4 is 11.1 Å². The van der Waals surface area contributed by atoms with E-state index in [-0.39, 0.29) is 17.9 Å². The van der Waals surface area contributed by atoms with Gasteiger partial charge in [-0.25, -0.2) is 0 Å². The molecule has 1 amide bonds. The minimum atomic E-state index is -4.54. The summed E-state index contributed by atoms with van der Waals surface area (Å²) < 4.78 is 43.6. The zero-order chi connectivity index (χ0) is 17.3. The van der Waals surface area contributed by atoms with Crippen molar-refractivity contribution in [2.45, 2.75) is 19.0 Å². The predicted octanol–water partition coefficient (Wildman–Crippen LogP) is 0.459. The Balaban J connectivity index is 2.38. The molecule has 1 aliphatic rings. The Labute approximate surface area is 129 Å². The molecule has 0 saturated carbocycles. The lowest BCUT2D eigenvalue weighted by Crippen LogP contribution is -2.57. The molecule has 1 aliphatic heterocycles. The van der Waals surface area contributed by atoms with Crippen molar-refractivity contribution < 1.29 is 27.5 Å². The summed E-state index contributed by atoms with van der Waals surface area (Å²) in [6.07, 6.45) is -5.60. The fourth-order valence-electron chi connectivity index (χ4n) is 2.57. The fourth-order valence-corrected chi connectivity index (χ4v) is 2.57. The standard InChI is InChI=1S/C13H15F3N4O3/c1-23-11(22)12(5-8-2-3-9(17)20-19-8)4-7(13(14,15)16)6-18-10(12)21/h2-3,7H,4-6H2,1H3,(H2,17,20)(H,18,21)/t7-,12?/m0/s1. The second-order valence-electron chi connectivity index (χ2n) is 5.35. The Hall–Kier alpha value is -2.39. The lowest BCUT2D eigenvalue weighted by molar-refractivity contribution is -0.195. The summed E-state index contributed by atoms with van der Waals surface area (Å²) in [6.45, 7) is -0.575. The minimum Gasteiger partial charge on any atom is -0.468 e. The first-order valence-electron chi connectivity index (χ1n) is 6.70. The van der Waals surface area contributed by atoms with Crippen molar-refractivity contribution in [3.8, 4) is 0 Å². The first kappa shape index (κ1) is 17.0. The molecule has 3 N–H and O–H groups in total. The van der Waals surface area contributed by atoms with Crippen LogP contribution in [0.4, 0.5) is 19.0 Å². The number of methoxy groups -OCH3 is 1. The molecule has 126 valence electrons. The third-order valence-electron chi connectivity index (χ3n) is 3.80. The Bertz CT molecular complexity index is 595. The number of piperidine rings is 1. The highest BCUT2D eigenvalue weighted by molar-refractivity contribution is 6.03. The van der Waals surface area contributed by atoms with Crippen LogP contribution in [0.5, 0.6) is 0 Å². The van der Waals surface area contributed by atoms with Crippen LogP contribution in [0.15, 0.2) is 12.1 Å². The van der Waals surface area contributed by atoms with Crippen LogP contribution in [0.1, 0.15) is 12.1 Å². The molecule has 2 rings (SSSR count). The first-order valence-corrected chi connectivity index (χ1v) is 6.70. The van der Waals surface area contributed by atoms with E-state index in [1.807, 2.05) is 0 Å². The number of halogens is 3. The largest absolute Gasteiger partial charge is 0.468 e. The molecule has 0 aromatic carbocycles. The number of nitrogens with zero attached hydrogens (tertiary/aromatic N) is 2. The highest BCUT2D eigenvalue weighted by atomic mass is 19.4. The Morgan fingerprint density at radius 2 is 2.17 bits per heavy atom. The number of rotatable bonds is 3. The van der Waals surface area contributed by atoms with E-state index in [0.29, 0.717) is 0 Å². The fraction of sp³-hybridized carbons (Fsp3) is 0.538. The molecule has 7 nitrogen and oxygen atoms in total. The van der Waals surface area contributed by atoms with E-state index in [1.54, 1.807) is 0 Å². The number of alkyl halides is 3. The van der Waals surface area contributed by atoms with E-state index >= 15 is 0 Å². The van der Waals surface area contributed by atoms with Gasteiger partial charge >= 0.3 is 12.1 Å². The smallest absolute Gasteiger partial charge is 0.393 e. The molecule has 1 aromatic rings. The van der Waals surface area contributed by atoms with Crippen LogP contribution >= 0.6 is 0 Å². The molecule has 0 bridgehead atoms. The van der Waals surface area contributed by atoms with Gasteiger partial charge in [0.25, 0.3) is 0 Å². The molecule has 1 saturated heterocycles. The first-order chi connectivity index (χ1) is 10.7. The Kier molecular flexibility index (Phi) is 4.44. The number of amides is 1. The van der Waals surface area contributed by atoms with Gasteiger partial charge in [0.05, 0.1) is 18.7 Å². The summed E-state index contributed by atoms with van der Waals surface area (Å²) in [5.41, 5.74) is 3.56. The molecule has 2 atom stereocenters. The van der Waals surface area contributed by atoms with Gasteiger partial charge in [-0.15, -0.1) is 5.10 Å². The number of hydrogen-bond acceptors (Lipinski definition) is 6. The van der Waals surface area contributed by atoms with E-state index in [1.165, 1.54) is 12.1 Å². The zero-order valence-electron chi connectivity index (χ0n) is 12.2. The van der Waals surface area contributed by atoms with Gasteiger partial charge in [0.2, 0.25) is 5.91 Å². The number of nitrogen functional groups attached to an aromatic ring is 1. The molecule has 0 aliphatic carbocycles. The van der Waals surface area contributed by atoms with E-state index in [4.69, 9.17) is 5.73 Å². The SMILES string of the molecule is COC(=O)C1(Cc2ccc(N)nn2)C[C@H](C(F)(F)F)CNC1=O. The number of aromatic nitrogens is 2. The topological polar surface area (TPSA) is 107 Å². The van der Waals surface area contributed by atoms with Gasteiger partial charge in [-0.3, -0.25) is 9.59 Å². The minimum absolute atomic E-state index is 0.113. The summed E-state index contributed by atoms with van der Waals surface area (Å²) in [5.74, 6) is -3.59. The Morgan fingerprint density at radius 3 is 2.70 bits per heavy atom. The molecule has 1 unspecified atom stereocenters. The van der Waals surface area contributed by atoms with Gasteiger partial charge in [-0.2, -0.15) is 18.3 Å². The lowest BCUT2D eigenvalue weighted by Gasteiger charge is -2.38. The third kappa shape index (κ3) is 3.35. The van der Waals surface area contributed by atoms with E-state index in [0.717, 1.165) is 7.11 Å². The number of carbonyl (C=O) groups excluding carboxylic acids is 2. The maximum Gasteiger partial charge on any atom is 0.393 e. The van der Waals surface area contributed by atoms with Crippen molar-refractivity contribution >= 4 is 17.7 Å². The van der Waals surface area contributed by atoms with Crippen molar-refractivity contribution in [3.05, 3.63) is 17.8 Å². The van der Waals surface area contributed by atoms with Gasteiger partial charge in [0.1, 0.15) is 5.82 Å². The normalized spacial score (nSPS) is 24.9. The quantitative estimate of drug-likeness (QED) is 0.615. The molecule has 2 heterocycles. The predicted molar refractivity (Wildman–Crippen MR) is 71.8 cm³/mol. The molecule has 1 fully saturated rings. The maximum atomic E-state index is 13.0. The monoisotopic (exact) mass is 332 g/mol. The van der Waals surface area contributed by atoms with Crippen molar-refractivity contribution in [1.29, 1.82) is 0 Å². The zero-order valence-corrected chi connectivity index (χ0v) is 12.2. The van der Waals surface area contributed by atoms with Crippen molar-refractivity contribution in [3.63, 3.8) is 0 Å². The summed E-state index contributed by atoms with van der Waals surface area (Å²) in [5, 5.41) is 9.43. The molecular weight excluding hydrogens is 317 g/mol. The lowest BCUT2D eigenvalue weighted by atomic mass is 9.72. The van der Waals surface area contributed by atoms with Crippen LogP contribution in [-0.2, 0) is 20.7 Å². The number of nitrogens with one attached hydrogen (secondary N) is 1. The van der Waals surface area contributed by atoms with E-state index in [9.17, 15) is 22.8 Å². The number of esters is 1. The summed E-state index contributed by atoms with van der Waals surface area (Å²) >= 11 is 0. The number of carbonyl (C=O) groups is 2. The van der Waals surface area contributed by atoms with Crippen molar-refractivity contribution in [1.82, 2.24) is 15.5 Å². The number of anilines is 1. The van der Waals surface area contributed by atoms with E-state index in [2.05, 4.69) is 20.3 Å². The Morgan fingerprint density at radius 1 is 1.48 bits per heavy atom. The van der Waals surface area contributed by atoms with Gasteiger partial charge in [-0.05, 0) is 18.6 Å². The van der Waals surface area contributed by atoms with Crippen LogP contribution in [0.2, 0.25) is 0 Å². The summed E-state index contributed by atoms with van der Waals surface area (Å²) in [4.78, 5) is 24.3. The molecule has 1 aromatic heterocycles. The second kappa shape index (κ2) is 6.01. The van der Waals surface area contributed by atoms with Crippen LogP contribution in [0, 0.1) is 11.3 Å². The second-order valence-corrected chi connectivity index (χ2v) is 5.35. The summed E-state index contributed by atoms with van der Waals surface area (Å²) in [7, 11) is 1.02. The average molecular weight is 332 g/mol. The van der Waals surface area contributed by atoms with Gasteiger partial charge in [0, 0.05) is 13.0 Å². The molecule has 23 heavy (non-hydrogen) atoms. The molecule has 0 spiro atoms. The molecule has 0 radical (unpaired) electrons. The van der Waals surface area contributed by atoms with Crippen LogP contribution in [-0.4, -0.2) is 41.9 Å². The average Bonchev–Trinajstić information content (AvgIpc) is 2.49. The number of ether oxygens (including phenoxy) is 1. The number of nitrogens with two attached hydrogens (primary N) is 1. The third-order valence-corrected chi connectivity index (χ3v) is 3.80. The van der Waals surface area contributed by atoms with Gasteiger partial charge in [0.15, 0.2) is 5.41 Å². The van der Waals surface area contributed by atoms with E-state index < -0.39 is 42.4 Å². The number of hydrogen-bond donors (Lipinski definition) is 2.